The minimum atomic E-state index is -0.191. The summed E-state index contributed by atoms with van der Waals surface area (Å²) < 4.78 is 11.4. The quantitative estimate of drug-likeness (QED) is 0.384. The van der Waals surface area contributed by atoms with Crippen LogP contribution in [-0.4, -0.2) is 49.6 Å². The van der Waals surface area contributed by atoms with Gasteiger partial charge in [0.1, 0.15) is 24.7 Å². The molecule has 1 aliphatic heterocycles. The number of carbonyl (C=O) groups excluding carboxylic acids is 2. The Kier molecular flexibility index (Phi) is 9.19. The van der Waals surface area contributed by atoms with Crippen LogP contribution in [0.15, 0.2) is 78.9 Å². The van der Waals surface area contributed by atoms with E-state index < -0.39 is 0 Å². The van der Waals surface area contributed by atoms with Crippen molar-refractivity contribution in [2.45, 2.75) is 25.7 Å². The number of nitrogens with one attached hydrogen (secondary N) is 2. The van der Waals surface area contributed by atoms with Crippen LogP contribution in [0, 0.1) is 0 Å². The lowest BCUT2D eigenvalue weighted by Crippen LogP contribution is -2.31. The topological polar surface area (TPSA) is 79.9 Å². The minimum absolute atomic E-state index is 0.0518. The fourth-order valence-electron chi connectivity index (χ4n) is 4.11. The zero-order chi connectivity index (χ0) is 25.0. The van der Waals surface area contributed by atoms with Crippen LogP contribution < -0.4 is 20.1 Å². The van der Waals surface area contributed by atoms with Crippen molar-refractivity contribution in [3.63, 3.8) is 0 Å². The van der Waals surface area contributed by atoms with Crippen LogP contribution in [0.25, 0.3) is 0 Å². The third-order valence-electron chi connectivity index (χ3n) is 5.94. The number of nitrogens with zero attached hydrogens (tertiary/aromatic N) is 1. The first kappa shape index (κ1) is 25.1. The van der Waals surface area contributed by atoms with Crippen molar-refractivity contribution < 1.29 is 19.1 Å². The molecule has 7 nitrogen and oxygen atoms in total. The van der Waals surface area contributed by atoms with E-state index in [2.05, 4.69) is 10.6 Å². The number of anilines is 2. The zero-order valence-electron chi connectivity index (χ0n) is 20.4. The summed E-state index contributed by atoms with van der Waals surface area (Å²) in [5.41, 5.74) is 2.03. The van der Waals surface area contributed by atoms with Crippen LogP contribution >= 0.6 is 0 Å². The largest absolute Gasteiger partial charge is 0.490 e. The smallest absolute Gasteiger partial charge is 0.253 e. The molecule has 4 rings (SSSR count). The molecule has 2 N–H and O–H groups in total. The lowest BCUT2D eigenvalue weighted by atomic mass is 10.1. The van der Waals surface area contributed by atoms with Gasteiger partial charge in [-0.15, -0.1) is 0 Å². The molecule has 1 fully saturated rings. The number of para-hydroxylation sites is 1. The number of hydrogen-bond acceptors (Lipinski definition) is 5. The first-order chi connectivity index (χ1) is 17.7. The molecule has 0 unspecified atom stereocenters. The van der Waals surface area contributed by atoms with Crippen molar-refractivity contribution in [1.29, 1.82) is 0 Å². The highest BCUT2D eigenvalue weighted by Crippen LogP contribution is 2.19. The summed E-state index contributed by atoms with van der Waals surface area (Å²) >= 11 is 0. The second-order valence-electron chi connectivity index (χ2n) is 8.73. The molecular formula is C29H33N3O4. The maximum Gasteiger partial charge on any atom is 0.253 e. The molecule has 3 aromatic carbocycles. The lowest BCUT2D eigenvalue weighted by molar-refractivity contribution is -0.114. The molecule has 36 heavy (non-hydrogen) atoms. The predicted octanol–water partition coefficient (Wildman–Crippen LogP) is 5.21. The van der Waals surface area contributed by atoms with Gasteiger partial charge in [-0.1, -0.05) is 43.2 Å². The van der Waals surface area contributed by atoms with Gasteiger partial charge in [0.05, 0.1) is 6.54 Å². The number of amides is 2. The van der Waals surface area contributed by atoms with Crippen LogP contribution in [0.2, 0.25) is 0 Å². The molecule has 7 heteroatoms. The molecule has 0 radical (unpaired) electrons. The van der Waals surface area contributed by atoms with E-state index in [-0.39, 0.29) is 18.4 Å². The third kappa shape index (κ3) is 7.77. The van der Waals surface area contributed by atoms with Crippen molar-refractivity contribution in [1.82, 2.24) is 4.90 Å². The lowest BCUT2D eigenvalue weighted by Gasteiger charge is -2.20. The Labute approximate surface area is 212 Å². The predicted molar refractivity (Wildman–Crippen MR) is 142 cm³/mol. The summed E-state index contributed by atoms with van der Waals surface area (Å²) in [7, 11) is 0. The number of hydrogen-bond donors (Lipinski definition) is 2. The van der Waals surface area contributed by atoms with Gasteiger partial charge in [0.25, 0.3) is 5.91 Å². The highest BCUT2D eigenvalue weighted by molar-refractivity contribution is 5.96. The van der Waals surface area contributed by atoms with E-state index in [4.69, 9.17) is 9.47 Å². The first-order valence-corrected chi connectivity index (χ1v) is 12.5. The first-order valence-electron chi connectivity index (χ1n) is 12.5. The van der Waals surface area contributed by atoms with Gasteiger partial charge in [-0.3, -0.25) is 9.59 Å². The van der Waals surface area contributed by atoms with Crippen molar-refractivity contribution in [3.8, 4) is 11.5 Å². The Morgan fingerprint density at radius 2 is 1.39 bits per heavy atom. The van der Waals surface area contributed by atoms with E-state index in [0.717, 1.165) is 37.4 Å². The molecule has 1 saturated heterocycles. The molecule has 0 atom stereocenters. The van der Waals surface area contributed by atoms with E-state index >= 15 is 0 Å². The second-order valence-corrected chi connectivity index (χ2v) is 8.73. The molecule has 0 spiro atoms. The standard InChI is InChI=1S/C29H33N3O4/c33-28(22-30-24-11-8-10-23(20-24)29(34)32-16-6-1-2-7-17-32)31-25-12-9-15-27(21-25)36-19-18-35-26-13-4-3-5-14-26/h3-5,8-15,20-21,30H,1-2,6-7,16-19,22H2,(H,31,33). The molecule has 3 aromatic rings. The van der Waals surface area contributed by atoms with Gasteiger partial charge < -0.3 is 25.0 Å². The number of carbonyl (C=O) groups is 2. The highest BCUT2D eigenvalue weighted by atomic mass is 16.5. The van der Waals surface area contributed by atoms with Gasteiger partial charge in [0, 0.05) is 36.1 Å². The van der Waals surface area contributed by atoms with Crippen molar-refractivity contribution in [2.75, 3.05) is 43.5 Å². The molecule has 0 aromatic heterocycles. The molecule has 1 heterocycles. The summed E-state index contributed by atoms with van der Waals surface area (Å²) in [6, 6.07) is 24.2. The van der Waals surface area contributed by atoms with E-state index in [9.17, 15) is 9.59 Å². The number of likely N-dealkylation sites (tertiary alicyclic amines) is 1. The summed E-state index contributed by atoms with van der Waals surface area (Å²) in [4.78, 5) is 27.3. The molecule has 188 valence electrons. The third-order valence-corrected chi connectivity index (χ3v) is 5.94. The number of benzene rings is 3. The number of rotatable bonds is 10. The van der Waals surface area contributed by atoms with E-state index in [1.165, 1.54) is 12.8 Å². The molecule has 0 bridgehead atoms. The molecule has 1 aliphatic rings. The Morgan fingerprint density at radius 3 is 2.17 bits per heavy atom. The molecular weight excluding hydrogens is 454 g/mol. The maximum absolute atomic E-state index is 12.9. The Morgan fingerprint density at radius 1 is 0.722 bits per heavy atom. The van der Waals surface area contributed by atoms with Crippen molar-refractivity contribution in [3.05, 3.63) is 84.4 Å². The van der Waals surface area contributed by atoms with Crippen LogP contribution in [0.5, 0.6) is 11.5 Å². The molecule has 0 aliphatic carbocycles. The van der Waals surface area contributed by atoms with Crippen molar-refractivity contribution >= 4 is 23.2 Å². The Hall–Kier alpha value is -4.00. The maximum atomic E-state index is 12.9. The summed E-state index contributed by atoms with van der Waals surface area (Å²) in [6.07, 6.45) is 4.46. The normalized spacial score (nSPS) is 13.4. The monoisotopic (exact) mass is 487 g/mol. The molecule has 0 saturated carbocycles. The zero-order valence-corrected chi connectivity index (χ0v) is 20.4. The van der Waals surface area contributed by atoms with Gasteiger partial charge in [0.2, 0.25) is 5.91 Å². The van der Waals surface area contributed by atoms with Gasteiger partial charge in [0.15, 0.2) is 0 Å². The van der Waals surface area contributed by atoms with E-state index in [0.29, 0.717) is 30.2 Å². The van der Waals surface area contributed by atoms with Crippen LogP contribution in [0.1, 0.15) is 36.0 Å². The van der Waals surface area contributed by atoms with Crippen LogP contribution in [-0.2, 0) is 4.79 Å². The van der Waals surface area contributed by atoms with Crippen molar-refractivity contribution in [2.24, 2.45) is 0 Å². The van der Waals surface area contributed by atoms with Crippen LogP contribution in [0.3, 0.4) is 0 Å². The number of ether oxygens (including phenoxy) is 2. The van der Waals surface area contributed by atoms with Gasteiger partial charge in [-0.05, 0) is 55.3 Å². The summed E-state index contributed by atoms with van der Waals surface area (Å²) in [5, 5.41) is 5.99. The highest BCUT2D eigenvalue weighted by Gasteiger charge is 2.17. The molecule has 2 amide bonds. The summed E-state index contributed by atoms with van der Waals surface area (Å²) in [5.74, 6) is 1.31. The average molecular weight is 488 g/mol. The van der Waals surface area contributed by atoms with Gasteiger partial charge >= 0.3 is 0 Å². The fraction of sp³-hybridized carbons (Fsp3) is 0.310. The minimum Gasteiger partial charge on any atom is -0.490 e. The van der Waals surface area contributed by atoms with E-state index in [1.807, 2.05) is 77.7 Å². The fourth-order valence-corrected chi connectivity index (χ4v) is 4.11. The van der Waals surface area contributed by atoms with Gasteiger partial charge in [-0.2, -0.15) is 0 Å². The van der Waals surface area contributed by atoms with E-state index in [1.54, 1.807) is 6.07 Å². The van der Waals surface area contributed by atoms with Gasteiger partial charge in [-0.25, -0.2) is 0 Å². The van der Waals surface area contributed by atoms with Crippen LogP contribution in [0.4, 0.5) is 11.4 Å². The SMILES string of the molecule is O=C(CNc1cccc(C(=O)N2CCCCCC2)c1)Nc1cccc(OCCOc2ccccc2)c1. The Balaban J connectivity index is 1.23. The summed E-state index contributed by atoms with van der Waals surface area (Å²) in [6.45, 7) is 2.50. The Bertz CT molecular complexity index is 1130. The average Bonchev–Trinajstić information content (AvgIpc) is 3.20. The second kappa shape index (κ2) is 13.2.